The highest BCUT2D eigenvalue weighted by atomic mass is 16.5. The van der Waals surface area contributed by atoms with Crippen molar-refractivity contribution in [3.8, 4) is 17.6 Å². The van der Waals surface area contributed by atoms with Crippen molar-refractivity contribution in [1.29, 1.82) is 0 Å². The van der Waals surface area contributed by atoms with Gasteiger partial charge in [-0.3, -0.25) is 19.9 Å². The minimum Gasteiger partial charge on any atom is -0.508 e. The van der Waals surface area contributed by atoms with E-state index in [-0.39, 0.29) is 62.1 Å². The first-order chi connectivity index (χ1) is 38.8. The Hall–Kier alpha value is -6.19. The number of allylic oxidation sites excluding steroid dienone is 5. The quantitative estimate of drug-likeness (QED) is 0.0588. The molecule has 3 aromatic carbocycles. The van der Waals surface area contributed by atoms with Gasteiger partial charge in [0.15, 0.2) is 11.7 Å². The van der Waals surface area contributed by atoms with Crippen LogP contribution in [0.1, 0.15) is 136 Å². The first kappa shape index (κ1) is 59.4. The van der Waals surface area contributed by atoms with Crippen LogP contribution in [0.25, 0.3) is 0 Å². The molecular weight excluding hydrogens is 1020 g/mol. The number of ether oxygens (including phenoxy) is 1. The lowest BCUT2D eigenvalue weighted by atomic mass is 9.52. The first-order valence-electron chi connectivity index (χ1n) is 29.1. The number of carbonyl (C=O) groups is 2. The number of rotatable bonds is 4. The summed E-state index contributed by atoms with van der Waals surface area (Å²) in [6, 6.07) is 19.1. The van der Waals surface area contributed by atoms with E-state index in [0.717, 1.165) is 46.3 Å². The molecule has 6 aliphatic rings. The third-order valence-corrected chi connectivity index (χ3v) is 19.0. The lowest BCUT2D eigenvalue weighted by Gasteiger charge is -2.56. The third-order valence-electron chi connectivity index (χ3n) is 19.0. The number of amides is 1. The van der Waals surface area contributed by atoms with Gasteiger partial charge in [0.25, 0.3) is 0 Å². The highest BCUT2D eigenvalue weighted by Gasteiger charge is 2.67. The Balaban J connectivity index is 1.14. The van der Waals surface area contributed by atoms with Crippen LogP contribution in [0.3, 0.4) is 0 Å². The Morgan fingerprint density at radius 2 is 1.72 bits per heavy atom. The van der Waals surface area contributed by atoms with Gasteiger partial charge in [0.2, 0.25) is 5.91 Å². The molecule has 81 heavy (non-hydrogen) atoms. The molecule has 3 aromatic rings. The number of fused-ring (bicyclic) bond motifs is 7. The zero-order valence-electron chi connectivity index (χ0n) is 47.2. The van der Waals surface area contributed by atoms with Crippen molar-refractivity contribution >= 4 is 17.6 Å². The number of nitrogens with zero attached hydrogens (tertiary/aromatic N) is 1. The smallest absolute Gasteiger partial charge is 0.243 e. The minimum absolute atomic E-state index is 0.0599. The molecule has 15 nitrogen and oxygen atoms in total. The van der Waals surface area contributed by atoms with Crippen LogP contribution in [0.5, 0.6) is 5.75 Å². The summed E-state index contributed by atoms with van der Waals surface area (Å²) in [6.07, 6.45) is 8.22. The van der Waals surface area contributed by atoms with Crippen LogP contribution >= 0.6 is 0 Å². The topological polar surface area (TPSA) is 279 Å². The number of benzene rings is 3. The number of nitrogens with two attached hydrogens (primary N) is 3. The van der Waals surface area contributed by atoms with Gasteiger partial charge < -0.3 is 57.9 Å². The van der Waals surface area contributed by atoms with E-state index < -0.39 is 77.2 Å². The van der Waals surface area contributed by atoms with Crippen LogP contribution in [0.2, 0.25) is 0 Å². The van der Waals surface area contributed by atoms with Crippen LogP contribution in [0.4, 0.5) is 0 Å². The summed E-state index contributed by atoms with van der Waals surface area (Å²) < 4.78 is 6.64. The second-order valence-electron chi connectivity index (χ2n) is 24.1. The lowest BCUT2D eigenvalue weighted by molar-refractivity contribution is -0.169. The van der Waals surface area contributed by atoms with Crippen LogP contribution in [0.15, 0.2) is 130 Å². The Morgan fingerprint density at radius 3 is 2.48 bits per heavy atom. The number of aliphatic imine (C=N–C) groups is 1. The highest BCUT2D eigenvalue weighted by molar-refractivity contribution is 5.98. The van der Waals surface area contributed by atoms with Crippen LogP contribution < -0.4 is 27.8 Å². The monoisotopic (exact) mass is 1100 g/mol. The molecule has 3 saturated carbocycles. The van der Waals surface area contributed by atoms with Gasteiger partial charge in [-0.2, -0.15) is 0 Å². The number of nitrogens with one attached hydrogen (secondary N) is 2. The molecule has 3 aliphatic heterocycles. The van der Waals surface area contributed by atoms with Crippen LogP contribution in [-0.4, -0.2) is 104 Å². The molecule has 14 atom stereocenters. The van der Waals surface area contributed by atoms with Crippen molar-refractivity contribution < 1.29 is 45.0 Å². The van der Waals surface area contributed by atoms with Crippen molar-refractivity contribution in [2.75, 3.05) is 19.7 Å². The molecule has 3 fully saturated rings. The van der Waals surface area contributed by atoms with Crippen molar-refractivity contribution in [2.45, 2.75) is 158 Å². The van der Waals surface area contributed by atoms with Gasteiger partial charge in [-0.05, 0) is 165 Å². The summed E-state index contributed by atoms with van der Waals surface area (Å²) in [7, 11) is 0. The van der Waals surface area contributed by atoms with E-state index in [2.05, 4.69) is 34.0 Å². The number of hydrogen-bond acceptors (Lipinski definition) is 12. The fourth-order valence-corrected chi connectivity index (χ4v) is 14.7. The zero-order valence-corrected chi connectivity index (χ0v) is 47.2. The molecule has 0 radical (unpaired) electrons. The lowest BCUT2D eigenvalue weighted by Crippen LogP contribution is -2.59. The number of hydrogen-bond donors (Lipinski definition) is 11. The Kier molecular flexibility index (Phi) is 18.7. The molecule has 3 aliphatic carbocycles. The van der Waals surface area contributed by atoms with Crippen LogP contribution in [0, 0.1) is 40.9 Å². The summed E-state index contributed by atoms with van der Waals surface area (Å²) in [6.45, 7) is 10.1. The van der Waals surface area contributed by atoms with E-state index in [1.165, 1.54) is 0 Å². The summed E-state index contributed by atoms with van der Waals surface area (Å²) in [5, 5.41) is 79.1. The number of phenols is 1. The van der Waals surface area contributed by atoms with Crippen LogP contribution in [-0.2, 0) is 33.6 Å². The van der Waals surface area contributed by atoms with E-state index in [1.54, 1.807) is 24.3 Å². The van der Waals surface area contributed by atoms with Gasteiger partial charge in [-0.1, -0.05) is 115 Å². The SMILES string of the molecule is C=C1/C=C/C=C2\[C@H]3[C@H](CCC[C@@H]2OCC#CC/C(C)=C/C[C@H]1O)C[C@@]1([C@@H]2CC[C@@H](O)Cc4cccc(c4)C[C@H]([C@H](CN=C(N)N)c4ccc(O)cc4)[C@@H](O)CN[C@H]4C(=O)N[C@@H](N)c5cccc(c54)CC(=O)/C(C)=C/2CC[C@@]1(C)O)[C@@H]3O. The van der Waals surface area contributed by atoms with E-state index in [0.29, 0.717) is 85.6 Å². The number of aliphatic hydroxyl groups excluding tert-OH is 4. The van der Waals surface area contributed by atoms with Gasteiger partial charge in [0, 0.05) is 43.2 Å². The molecule has 2 bridgehead atoms. The number of Topliss-reactive ketones (excluding diaryl/α,β-unsaturated/α-hetero) is 1. The third kappa shape index (κ3) is 12.9. The molecule has 0 aromatic heterocycles. The Morgan fingerprint density at radius 1 is 0.963 bits per heavy atom. The van der Waals surface area contributed by atoms with Crippen molar-refractivity contribution in [3.63, 3.8) is 0 Å². The maximum Gasteiger partial charge on any atom is 0.243 e. The summed E-state index contributed by atoms with van der Waals surface area (Å²) >= 11 is 0. The molecule has 9 rings (SSSR count). The van der Waals surface area contributed by atoms with E-state index >= 15 is 4.79 Å². The number of carbonyl (C=O) groups excluding carboxylic acids is 2. The molecule has 0 unspecified atom stereocenters. The molecule has 1 amide bonds. The maximum absolute atomic E-state index is 15.3. The molecular formula is C66H84N6O9. The Bertz CT molecular complexity index is 3040. The van der Waals surface area contributed by atoms with Gasteiger partial charge in [0.05, 0.1) is 36.1 Å². The van der Waals surface area contributed by atoms with E-state index in [4.69, 9.17) is 21.9 Å². The predicted molar refractivity (Wildman–Crippen MR) is 314 cm³/mol. The summed E-state index contributed by atoms with van der Waals surface area (Å²) in [4.78, 5) is 34.0. The second-order valence-corrected chi connectivity index (χ2v) is 24.1. The van der Waals surface area contributed by atoms with Gasteiger partial charge >= 0.3 is 0 Å². The highest BCUT2D eigenvalue weighted by Crippen LogP contribution is 2.66. The zero-order chi connectivity index (χ0) is 57.8. The molecule has 15 heteroatoms. The minimum atomic E-state index is -1.40. The fourth-order valence-electron chi connectivity index (χ4n) is 14.7. The summed E-state index contributed by atoms with van der Waals surface area (Å²) in [5.41, 5.74) is 24.1. The number of aliphatic hydroxyl groups is 5. The molecule has 3 heterocycles. The van der Waals surface area contributed by atoms with Crippen molar-refractivity contribution in [3.05, 3.63) is 159 Å². The number of ketones is 1. The predicted octanol–water partition coefficient (Wildman–Crippen LogP) is 6.37. The van der Waals surface area contributed by atoms with E-state index in [9.17, 15) is 35.4 Å². The largest absolute Gasteiger partial charge is 0.508 e. The van der Waals surface area contributed by atoms with Gasteiger partial charge in [-0.25, -0.2) is 0 Å². The average Bonchev–Trinajstić information content (AvgIpc) is 2.57. The first-order valence-corrected chi connectivity index (χ1v) is 29.1. The molecule has 432 valence electrons. The normalized spacial score (nSPS) is 35.6. The molecule has 14 N–H and O–H groups in total. The number of aromatic hydroxyl groups is 1. The Labute approximate surface area is 477 Å². The number of phenolic OH excluding ortho intramolecular Hbond substituents is 1. The maximum atomic E-state index is 15.3. The fraction of sp³-hybridized carbons (Fsp3) is 0.500. The second kappa shape index (κ2) is 25.5. The van der Waals surface area contributed by atoms with E-state index in [1.807, 2.05) is 87.5 Å². The number of β-amino-alcohol motifs (C(OH)–C–C–N with tert-alkyl or cyclic N) is 1. The summed E-state index contributed by atoms with van der Waals surface area (Å²) in [5.74, 6) is 3.71. The van der Waals surface area contributed by atoms with Crippen molar-refractivity contribution in [1.82, 2.24) is 10.6 Å². The average molecular weight is 1110 g/mol. The molecule has 1 spiro atoms. The van der Waals surface area contributed by atoms with Gasteiger partial charge in [0.1, 0.15) is 24.6 Å². The standard InChI is InChI=1S/C66H84N6O9/c1-38-11-5-6-30-81-57-19-10-16-45-35-66(61(78)59(45)49(57)17-7-12-39(2)54(75)27-20-38)53-26-25-47(74)32-41-13-8-14-42(31-41)33-51(52(36-71-64(68)69)43-21-23-46(73)24-22-43)56(77)37-70-60-58-44(15-9-18-50(58)62(67)72-63(60)79)34-55(76)40(3)48(53)28-29-65(66,4)80/h7-9,12-15,17-18,20-24,31,45,47,51-54,56-57,59-62,70,73-75,77-78,80H,2,10-11,16,19,25-30,32-37,67H2,1,3-4H3,(H,72,79)(H4,68,69,71)/b12-7+,38-20+,48-40+,49-17-/t45-,47-,51-,52-,53-,54-,56+,57+,59-,60-,61-,62-,65-,66-/m1/s1. The number of guanidine groups is 1. The van der Waals surface area contributed by atoms with Crippen molar-refractivity contribution in [2.24, 2.45) is 51.3 Å². The van der Waals surface area contributed by atoms with Gasteiger partial charge in [-0.15, -0.1) is 0 Å². The molecule has 0 saturated heterocycles.